The minimum Gasteiger partial charge on any atom is -0.386 e. The summed E-state index contributed by atoms with van der Waals surface area (Å²) in [6.45, 7) is 0. The Morgan fingerprint density at radius 3 is 2.84 bits per heavy atom. The smallest absolute Gasteiger partial charge is 0.102 e. The number of halogens is 1. The van der Waals surface area contributed by atoms with Crippen LogP contribution in [0.3, 0.4) is 0 Å². The maximum Gasteiger partial charge on any atom is 0.102 e. The van der Waals surface area contributed by atoms with Gasteiger partial charge in [-0.05, 0) is 39.5 Å². The molecule has 2 aromatic heterocycles. The van der Waals surface area contributed by atoms with Crippen LogP contribution in [0.25, 0.3) is 10.9 Å². The van der Waals surface area contributed by atoms with E-state index >= 15 is 0 Å². The van der Waals surface area contributed by atoms with Crippen molar-refractivity contribution in [1.29, 1.82) is 0 Å². The molecule has 1 N–H and O–H groups in total. The van der Waals surface area contributed by atoms with E-state index in [1.54, 1.807) is 11.3 Å². The molecule has 1 aromatic carbocycles. The second-order valence-corrected chi connectivity index (χ2v) is 6.23. The minimum absolute atomic E-state index is 0.586. The van der Waals surface area contributed by atoms with Gasteiger partial charge in [0.05, 0.1) is 11.2 Å². The zero-order valence-corrected chi connectivity index (χ0v) is 12.5. The first kappa shape index (κ1) is 12.8. The Bertz CT molecular complexity index is 696. The predicted octanol–water partition coefficient (Wildman–Crippen LogP) is 4.33. The van der Waals surface area contributed by atoms with E-state index in [2.05, 4.69) is 20.9 Å². The van der Waals surface area contributed by atoms with Crippen LogP contribution in [0.5, 0.6) is 0 Å². The van der Waals surface area contributed by atoms with E-state index in [4.69, 9.17) is 0 Å². The summed E-state index contributed by atoms with van der Waals surface area (Å²) >= 11 is 5.16. The van der Waals surface area contributed by atoms with Gasteiger partial charge in [0.25, 0.3) is 0 Å². The van der Waals surface area contributed by atoms with Crippen molar-refractivity contribution in [1.82, 2.24) is 4.98 Å². The summed E-state index contributed by atoms with van der Waals surface area (Å²) in [7, 11) is 0. The SMILES string of the molecule is OC(Cc1cccs1)c1nc2ccccc2cc1Br. The Kier molecular flexibility index (Phi) is 3.64. The van der Waals surface area contributed by atoms with Crippen LogP contribution < -0.4 is 0 Å². The van der Waals surface area contributed by atoms with Gasteiger partial charge >= 0.3 is 0 Å². The highest BCUT2D eigenvalue weighted by Gasteiger charge is 2.15. The van der Waals surface area contributed by atoms with Crippen LogP contribution in [0.2, 0.25) is 0 Å². The predicted molar refractivity (Wildman–Crippen MR) is 82.4 cm³/mol. The number of aliphatic hydroxyl groups is 1. The number of hydrogen-bond donors (Lipinski definition) is 1. The van der Waals surface area contributed by atoms with Crippen LogP contribution in [-0.4, -0.2) is 10.1 Å². The summed E-state index contributed by atoms with van der Waals surface area (Å²) in [4.78, 5) is 5.72. The van der Waals surface area contributed by atoms with Crippen LogP contribution in [0.15, 0.2) is 52.3 Å². The van der Waals surface area contributed by atoms with Crippen LogP contribution in [0, 0.1) is 0 Å². The number of aliphatic hydroxyl groups excluding tert-OH is 1. The lowest BCUT2D eigenvalue weighted by atomic mass is 10.1. The molecule has 2 heterocycles. The number of para-hydroxylation sites is 1. The van der Waals surface area contributed by atoms with E-state index in [-0.39, 0.29) is 0 Å². The van der Waals surface area contributed by atoms with Crippen molar-refractivity contribution in [2.24, 2.45) is 0 Å². The highest BCUT2D eigenvalue weighted by Crippen LogP contribution is 2.28. The third kappa shape index (κ3) is 2.71. The average molecular weight is 334 g/mol. The molecule has 1 atom stereocenters. The first-order valence-electron chi connectivity index (χ1n) is 5.99. The van der Waals surface area contributed by atoms with Crippen molar-refractivity contribution in [2.75, 3.05) is 0 Å². The average Bonchev–Trinajstić information content (AvgIpc) is 2.90. The number of rotatable bonds is 3. The molecular formula is C15H12BrNOS. The molecule has 0 aliphatic carbocycles. The molecule has 0 bridgehead atoms. The lowest BCUT2D eigenvalue weighted by Crippen LogP contribution is -2.04. The Morgan fingerprint density at radius 1 is 1.21 bits per heavy atom. The van der Waals surface area contributed by atoms with Crippen molar-refractivity contribution >= 4 is 38.2 Å². The van der Waals surface area contributed by atoms with E-state index < -0.39 is 6.10 Å². The first-order valence-corrected chi connectivity index (χ1v) is 7.67. The molecule has 0 amide bonds. The highest BCUT2D eigenvalue weighted by molar-refractivity contribution is 9.10. The monoisotopic (exact) mass is 333 g/mol. The fourth-order valence-electron chi connectivity index (χ4n) is 2.05. The van der Waals surface area contributed by atoms with Crippen molar-refractivity contribution < 1.29 is 5.11 Å². The van der Waals surface area contributed by atoms with Crippen LogP contribution in [0.1, 0.15) is 16.7 Å². The van der Waals surface area contributed by atoms with Gasteiger partial charge in [0.1, 0.15) is 6.10 Å². The van der Waals surface area contributed by atoms with E-state index in [9.17, 15) is 5.11 Å². The quantitative estimate of drug-likeness (QED) is 0.773. The zero-order chi connectivity index (χ0) is 13.2. The van der Waals surface area contributed by atoms with Gasteiger partial charge in [-0.15, -0.1) is 11.3 Å². The Morgan fingerprint density at radius 2 is 2.05 bits per heavy atom. The Labute approximate surface area is 123 Å². The van der Waals surface area contributed by atoms with Crippen molar-refractivity contribution in [3.63, 3.8) is 0 Å². The van der Waals surface area contributed by atoms with Gasteiger partial charge in [-0.3, -0.25) is 0 Å². The van der Waals surface area contributed by atoms with Gasteiger partial charge in [-0.25, -0.2) is 4.98 Å². The van der Waals surface area contributed by atoms with Crippen LogP contribution >= 0.6 is 27.3 Å². The molecule has 1 unspecified atom stereocenters. The number of pyridine rings is 1. The van der Waals surface area contributed by atoms with Gasteiger partial charge < -0.3 is 5.11 Å². The molecule has 0 fully saturated rings. The van der Waals surface area contributed by atoms with Gasteiger partial charge in [0.2, 0.25) is 0 Å². The summed E-state index contributed by atoms with van der Waals surface area (Å²) in [6.07, 6.45) is 0.0133. The molecule has 19 heavy (non-hydrogen) atoms. The third-order valence-electron chi connectivity index (χ3n) is 2.99. The summed E-state index contributed by atoms with van der Waals surface area (Å²) in [5, 5.41) is 13.4. The normalized spacial score (nSPS) is 12.7. The molecule has 4 heteroatoms. The van der Waals surface area contributed by atoms with Gasteiger partial charge in [0.15, 0.2) is 0 Å². The van der Waals surface area contributed by atoms with Crippen molar-refractivity contribution in [3.05, 3.63) is 62.9 Å². The third-order valence-corrected chi connectivity index (χ3v) is 4.53. The zero-order valence-electron chi connectivity index (χ0n) is 10.1. The van der Waals surface area contributed by atoms with Gasteiger partial charge in [-0.1, -0.05) is 24.3 Å². The summed E-state index contributed by atoms with van der Waals surface area (Å²) in [5.41, 5.74) is 1.61. The number of thiophene rings is 1. The molecule has 0 aliphatic heterocycles. The lowest BCUT2D eigenvalue weighted by Gasteiger charge is -2.12. The number of nitrogens with zero attached hydrogens (tertiary/aromatic N) is 1. The minimum atomic E-state index is -0.586. The molecule has 0 saturated heterocycles. The summed E-state index contributed by atoms with van der Waals surface area (Å²) < 4.78 is 0.857. The largest absolute Gasteiger partial charge is 0.386 e. The maximum absolute atomic E-state index is 10.3. The molecule has 3 rings (SSSR count). The first-order chi connectivity index (χ1) is 9.24. The van der Waals surface area contributed by atoms with Gasteiger partial charge in [0, 0.05) is 21.2 Å². The number of aromatic nitrogens is 1. The van der Waals surface area contributed by atoms with Crippen LogP contribution in [-0.2, 0) is 6.42 Å². The van der Waals surface area contributed by atoms with E-state index in [0.717, 1.165) is 20.3 Å². The second-order valence-electron chi connectivity index (χ2n) is 4.35. The fourth-order valence-corrected chi connectivity index (χ4v) is 3.40. The summed E-state index contributed by atoms with van der Waals surface area (Å²) in [5.74, 6) is 0. The Hall–Kier alpha value is -1.23. The fraction of sp³-hybridized carbons (Fsp3) is 0.133. The molecule has 0 radical (unpaired) electrons. The van der Waals surface area contributed by atoms with E-state index in [1.165, 1.54) is 0 Å². The molecule has 0 spiro atoms. The van der Waals surface area contributed by atoms with Crippen molar-refractivity contribution in [2.45, 2.75) is 12.5 Å². The molecule has 3 aromatic rings. The number of benzene rings is 1. The number of hydrogen-bond acceptors (Lipinski definition) is 3. The van der Waals surface area contributed by atoms with Crippen molar-refractivity contribution in [3.8, 4) is 0 Å². The molecule has 0 aliphatic rings. The van der Waals surface area contributed by atoms with Gasteiger partial charge in [-0.2, -0.15) is 0 Å². The molecule has 0 saturated carbocycles. The number of fused-ring (bicyclic) bond motifs is 1. The topological polar surface area (TPSA) is 33.1 Å². The van der Waals surface area contributed by atoms with E-state index in [0.29, 0.717) is 12.1 Å². The molecular weight excluding hydrogens is 322 g/mol. The summed E-state index contributed by atoms with van der Waals surface area (Å²) in [6, 6.07) is 14.0. The lowest BCUT2D eigenvalue weighted by molar-refractivity contribution is 0.174. The van der Waals surface area contributed by atoms with E-state index in [1.807, 2.05) is 47.8 Å². The van der Waals surface area contributed by atoms with Crippen LogP contribution in [0.4, 0.5) is 0 Å². The Balaban J connectivity index is 1.97. The maximum atomic E-state index is 10.3. The highest BCUT2D eigenvalue weighted by atomic mass is 79.9. The molecule has 2 nitrogen and oxygen atoms in total. The second kappa shape index (κ2) is 5.41. The molecule has 96 valence electrons. The standard InChI is InChI=1S/C15H12BrNOS/c16-12-8-10-4-1-2-6-13(10)17-15(12)14(18)9-11-5-3-7-19-11/h1-8,14,18H,9H2.